The highest BCUT2D eigenvalue weighted by Crippen LogP contribution is 2.31. The van der Waals surface area contributed by atoms with Gasteiger partial charge in [-0.3, -0.25) is 14.5 Å². The third kappa shape index (κ3) is 7.54. The van der Waals surface area contributed by atoms with E-state index in [1.165, 1.54) is 0 Å². The van der Waals surface area contributed by atoms with Crippen LogP contribution in [-0.2, 0) is 20.9 Å². The number of rotatable bonds is 7. The molecule has 11 heteroatoms. The van der Waals surface area contributed by atoms with Gasteiger partial charge in [-0.2, -0.15) is 13.2 Å². The van der Waals surface area contributed by atoms with Crippen LogP contribution in [0.3, 0.4) is 0 Å². The fraction of sp³-hybridized carbons (Fsp3) is 0.591. The molecule has 0 aromatic heterocycles. The van der Waals surface area contributed by atoms with Crippen LogP contribution < -0.4 is 15.4 Å². The molecular weight excluding hydrogens is 443 g/mol. The predicted octanol–water partition coefficient (Wildman–Crippen LogP) is 4.34. The van der Waals surface area contributed by atoms with Crippen LogP contribution >= 0.6 is 0 Å². The molecule has 2 N–H and O–H groups in total. The molecule has 0 aliphatic carbocycles. The van der Waals surface area contributed by atoms with Crippen molar-refractivity contribution in [1.29, 1.82) is 0 Å². The predicted molar refractivity (Wildman–Crippen MR) is 114 cm³/mol. The van der Waals surface area contributed by atoms with Gasteiger partial charge in [0, 0.05) is 0 Å². The molecule has 0 radical (unpaired) electrons. The molecule has 184 valence electrons. The summed E-state index contributed by atoms with van der Waals surface area (Å²) in [7, 11) is 0. The van der Waals surface area contributed by atoms with Crippen molar-refractivity contribution in [3.8, 4) is 5.75 Å². The Morgan fingerprint density at radius 3 is 2.52 bits per heavy atom. The Morgan fingerprint density at radius 1 is 1.27 bits per heavy atom. The molecule has 3 amide bonds. The summed E-state index contributed by atoms with van der Waals surface area (Å²) in [5.74, 6) is -2.05. The lowest BCUT2D eigenvalue weighted by Gasteiger charge is -2.34. The molecule has 1 heterocycles. The molecule has 0 bridgehead atoms. The van der Waals surface area contributed by atoms with Crippen molar-refractivity contribution in [3.63, 3.8) is 0 Å². The number of halogens is 3. The number of ether oxygens (including phenoxy) is 2. The standard InChI is InChI=1S/C22H30F3N3O5/c1-6-7-8-17(27-19(30)22(23,24)25)28(20(31)33-21(3,4)5)12-14-9-10-16-15(11-14)26-18(29)13(2)32-16/h9-11,13,17H,6-8,12H2,1-5H3,(H,26,29)(H,27,30). The molecule has 0 saturated heterocycles. The van der Waals surface area contributed by atoms with E-state index >= 15 is 0 Å². The largest absolute Gasteiger partial charge is 0.479 e. The van der Waals surface area contributed by atoms with E-state index in [1.807, 2.05) is 12.2 Å². The molecule has 2 unspecified atom stereocenters. The van der Waals surface area contributed by atoms with Crippen LogP contribution in [0.2, 0.25) is 0 Å². The van der Waals surface area contributed by atoms with Gasteiger partial charge in [0.25, 0.3) is 5.91 Å². The van der Waals surface area contributed by atoms with E-state index in [2.05, 4.69) is 5.32 Å². The quantitative estimate of drug-likeness (QED) is 0.575. The zero-order valence-electron chi connectivity index (χ0n) is 19.3. The van der Waals surface area contributed by atoms with Crippen molar-refractivity contribution in [2.45, 2.75) is 84.5 Å². The molecule has 0 saturated carbocycles. The maximum Gasteiger partial charge on any atom is 0.471 e. The van der Waals surface area contributed by atoms with Gasteiger partial charge < -0.3 is 20.1 Å². The third-order valence-electron chi connectivity index (χ3n) is 4.72. The Hall–Kier alpha value is -2.98. The van der Waals surface area contributed by atoms with Gasteiger partial charge in [-0.1, -0.05) is 19.4 Å². The average molecular weight is 473 g/mol. The number of unbranched alkanes of at least 4 members (excludes halogenated alkanes) is 1. The normalized spacial score (nSPS) is 16.7. The summed E-state index contributed by atoms with van der Waals surface area (Å²) in [5.41, 5.74) is -0.0306. The number of carbonyl (C=O) groups is 3. The van der Waals surface area contributed by atoms with Gasteiger partial charge in [-0.05, 0) is 58.2 Å². The second-order valence-electron chi connectivity index (χ2n) is 8.82. The zero-order valence-corrected chi connectivity index (χ0v) is 19.3. The van der Waals surface area contributed by atoms with E-state index in [-0.39, 0.29) is 18.9 Å². The maximum absolute atomic E-state index is 13.0. The molecule has 1 aliphatic rings. The number of nitrogens with zero attached hydrogens (tertiary/aromatic N) is 1. The number of alkyl halides is 3. The van der Waals surface area contributed by atoms with Crippen LogP contribution in [-0.4, -0.2) is 46.9 Å². The lowest BCUT2D eigenvalue weighted by Crippen LogP contribution is -2.54. The topological polar surface area (TPSA) is 97.0 Å². The molecule has 1 aromatic rings. The highest BCUT2D eigenvalue weighted by atomic mass is 19.4. The van der Waals surface area contributed by atoms with Gasteiger partial charge in [-0.15, -0.1) is 0 Å². The second-order valence-corrected chi connectivity index (χ2v) is 8.82. The van der Waals surface area contributed by atoms with Gasteiger partial charge >= 0.3 is 18.2 Å². The van der Waals surface area contributed by atoms with Gasteiger partial charge in [0.05, 0.1) is 12.2 Å². The van der Waals surface area contributed by atoms with Gasteiger partial charge in [0.2, 0.25) is 0 Å². The van der Waals surface area contributed by atoms with E-state index < -0.39 is 36.0 Å². The summed E-state index contributed by atoms with van der Waals surface area (Å²) < 4.78 is 49.8. The molecule has 8 nitrogen and oxygen atoms in total. The number of hydrogen-bond acceptors (Lipinski definition) is 5. The van der Waals surface area contributed by atoms with Crippen molar-refractivity contribution < 1.29 is 37.0 Å². The monoisotopic (exact) mass is 473 g/mol. The maximum atomic E-state index is 13.0. The van der Waals surface area contributed by atoms with Crippen molar-refractivity contribution >= 4 is 23.6 Å². The molecule has 0 spiro atoms. The van der Waals surface area contributed by atoms with Gasteiger partial charge in [-0.25, -0.2) is 4.79 Å². The highest BCUT2D eigenvalue weighted by molar-refractivity contribution is 5.97. The number of carbonyl (C=O) groups excluding carboxylic acids is 3. The average Bonchev–Trinajstić information content (AvgIpc) is 2.68. The van der Waals surface area contributed by atoms with E-state index in [4.69, 9.17) is 9.47 Å². The van der Waals surface area contributed by atoms with Crippen LogP contribution in [0, 0.1) is 0 Å². The molecule has 33 heavy (non-hydrogen) atoms. The molecule has 1 aromatic carbocycles. The Labute approximate surface area is 190 Å². The van der Waals surface area contributed by atoms with Gasteiger partial charge in [0.15, 0.2) is 6.10 Å². The van der Waals surface area contributed by atoms with Crippen LogP contribution in [0.1, 0.15) is 59.4 Å². The summed E-state index contributed by atoms with van der Waals surface area (Å²) in [6, 6.07) is 4.80. The summed E-state index contributed by atoms with van der Waals surface area (Å²) in [6.07, 6.45) is -6.70. The second kappa shape index (κ2) is 10.3. The van der Waals surface area contributed by atoms with E-state index in [0.717, 1.165) is 4.90 Å². The van der Waals surface area contributed by atoms with Gasteiger partial charge in [0.1, 0.15) is 17.5 Å². The summed E-state index contributed by atoms with van der Waals surface area (Å²) in [6.45, 7) is 8.16. The minimum absolute atomic E-state index is 0.0971. The van der Waals surface area contributed by atoms with E-state index in [1.54, 1.807) is 45.9 Å². The molecule has 1 aliphatic heterocycles. The Balaban J connectivity index is 2.37. The first-order valence-corrected chi connectivity index (χ1v) is 10.7. The zero-order chi connectivity index (χ0) is 25.0. The van der Waals surface area contributed by atoms with Crippen molar-refractivity contribution in [3.05, 3.63) is 23.8 Å². The first-order valence-electron chi connectivity index (χ1n) is 10.7. The molecule has 2 atom stereocenters. The van der Waals surface area contributed by atoms with Crippen LogP contribution in [0.5, 0.6) is 5.75 Å². The Kier molecular flexibility index (Phi) is 8.20. The lowest BCUT2D eigenvalue weighted by atomic mass is 10.1. The van der Waals surface area contributed by atoms with Crippen LogP contribution in [0.15, 0.2) is 18.2 Å². The minimum atomic E-state index is -5.10. The summed E-state index contributed by atoms with van der Waals surface area (Å²) in [4.78, 5) is 37.6. The van der Waals surface area contributed by atoms with Crippen molar-refractivity contribution in [1.82, 2.24) is 10.2 Å². The Morgan fingerprint density at radius 2 is 1.94 bits per heavy atom. The third-order valence-corrected chi connectivity index (χ3v) is 4.72. The fourth-order valence-corrected chi connectivity index (χ4v) is 3.11. The fourth-order valence-electron chi connectivity index (χ4n) is 3.11. The number of fused-ring (bicyclic) bond motifs is 1. The van der Waals surface area contributed by atoms with Crippen molar-refractivity contribution in [2.24, 2.45) is 0 Å². The van der Waals surface area contributed by atoms with Crippen molar-refractivity contribution in [2.75, 3.05) is 5.32 Å². The highest BCUT2D eigenvalue weighted by Gasteiger charge is 2.41. The molecule has 2 rings (SSSR count). The SMILES string of the molecule is CCCCC(NC(=O)C(F)(F)F)N(Cc1ccc2c(c1)NC(=O)C(C)O2)C(=O)OC(C)(C)C. The number of hydrogen-bond donors (Lipinski definition) is 2. The lowest BCUT2D eigenvalue weighted by molar-refractivity contribution is -0.175. The Bertz CT molecular complexity index is 883. The number of amides is 3. The van der Waals surface area contributed by atoms with E-state index in [0.29, 0.717) is 29.8 Å². The molecular formula is C22H30F3N3O5. The van der Waals surface area contributed by atoms with Crippen LogP contribution in [0.4, 0.5) is 23.7 Å². The first kappa shape index (κ1) is 26.3. The molecule has 0 fully saturated rings. The number of nitrogens with one attached hydrogen (secondary N) is 2. The summed E-state index contributed by atoms with van der Waals surface area (Å²) >= 11 is 0. The summed E-state index contributed by atoms with van der Waals surface area (Å²) in [5, 5.41) is 4.61. The number of benzene rings is 1. The minimum Gasteiger partial charge on any atom is -0.479 e. The number of anilines is 1. The van der Waals surface area contributed by atoms with Crippen LogP contribution in [0.25, 0.3) is 0 Å². The smallest absolute Gasteiger partial charge is 0.471 e. The first-order chi connectivity index (χ1) is 15.2. The van der Waals surface area contributed by atoms with E-state index in [9.17, 15) is 27.6 Å².